The third-order valence-corrected chi connectivity index (χ3v) is 9.11. The fraction of sp³-hybridized carbons (Fsp3) is 0.533. The largest absolute Gasteiger partial charge is 0.508 e. The highest BCUT2D eigenvalue weighted by Crippen LogP contribution is 2.61. The zero-order valence-corrected chi connectivity index (χ0v) is 20.3. The second-order valence-corrected chi connectivity index (χ2v) is 10.9. The van der Waals surface area contributed by atoms with E-state index in [-0.39, 0.29) is 11.3 Å². The number of benzene rings is 2. The maximum Gasteiger partial charge on any atom is 0.222 e. The number of carbonyl (C=O) groups is 2. The Morgan fingerprint density at radius 2 is 1.88 bits per heavy atom. The number of amides is 1. The summed E-state index contributed by atoms with van der Waals surface area (Å²) in [5.74, 6) is 2.63. The van der Waals surface area contributed by atoms with Crippen LogP contribution >= 0.6 is 0 Å². The molecule has 0 unspecified atom stereocenters. The molecule has 0 spiro atoms. The summed E-state index contributed by atoms with van der Waals surface area (Å²) < 4.78 is 0. The van der Waals surface area contributed by atoms with Crippen molar-refractivity contribution in [2.75, 3.05) is 7.05 Å². The molecule has 3 aliphatic carbocycles. The van der Waals surface area contributed by atoms with E-state index in [0.717, 1.165) is 63.4 Å². The van der Waals surface area contributed by atoms with E-state index in [2.05, 4.69) is 18.2 Å². The van der Waals surface area contributed by atoms with Gasteiger partial charge in [-0.2, -0.15) is 0 Å². The predicted octanol–water partition coefficient (Wildman–Crippen LogP) is 6.02. The van der Waals surface area contributed by atoms with Crippen LogP contribution in [0.4, 0.5) is 0 Å². The van der Waals surface area contributed by atoms with Crippen LogP contribution in [0.2, 0.25) is 0 Å². The molecule has 2 aromatic carbocycles. The first-order chi connectivity index (χ1) is 16.5. The van der Waals surface area contributed by atoms with Crippen LogP contribution in [0.15, 0.2) is 48.5 Å². The lowest BCUT2D eigenvalue weighted by molar-refractivity contribution is -0.131. The summed E-state index contributed by atoms with van der Waals surface area (Å²) in [6.07, 6.45) is 9.27. The number of aromatic hydroxyl groups is 1. The Morgan fingerprint density at radius 1 is 1.06 bits per heavy atom. The lowest BCUT2D eigenvalue weighted by Crippen LogP contribution is -2.44. The van der Waals surface area contributed by atoms with Gasteiger partial charge in [0.05, 0.1) is 0 Å². The number of aryl methyl sites for hydroxylation is 1. The summed E-state index contributed by atoms with van der Waals surface area (Å²) >= 11 is 0. The normalized spacial score (nSPS) is 27.6. The fourth-order valence-corrected chi connectivity index (χ4v) is 7.46. The molecule has 2 aromatic rings. The molecule has 5 rings (SSSR count). The molecule has 0 heterocycles. The lowest BCUT2D eigenvalue weighted by atomic mass is 9.54. The first-order valence-electron chi connectivity index (χ1n) is 13.1. The van der Waals surface area contributed by atoms with Crippen LogP contribution < -0.4 is 0 Å². The average Bonchev–Trinajstić information content (AvgIpc) is 3.18. The van der Waals surface area contributed by atoms with Crippen LogP contribution in [0.25, 0.3) is 0 Å². The van der Waals surface area contributed by atoms with Crippen LogP contribution in [-0.2, 0) is 22.6 Å². The number of hydrogen-bond acceptors (Lipinski definition) is 3. The standard InChI is InChI=1S/C30H37NO3/c1-31(20-21-7-3-2-4-8-21)29(34)9-5-6-17-30-18-16-25-24-13-11-23(32)19-22(24)10-12-26(25)27(30)14-15-28(30)33/h2-4,7-8,11,13,19,25-27,32H,5-6,9-10,12,14-18,20H2,1H3/t25-,26-,27+,30+/m1/s1. The van der Waals surface area contributed by atoms with Crippen molar-refractivity contribution in [3.8, 4) is 5.75 Å². The van der Waals surface area contributed by atoms with Crippen LogP contribution in [0, 0.1) is 17.3 Å². The zero-order valence-electron chi connectivity index (χ0n) is 20.3. The topological polar surface area (TPSA) is 57.6 Å². The summed E-state index contributed by atoms with van der Waals surface area (Å²) in [5, 5.41) is 9.91. The van der Waals surface area contributed by atoms with Crippen molar-refractivity contribution in [2.45, 2.75) is 76.7 Å². The first kappa shape index (κ1) is 23.1. The molecule has 0 radical (unpaired) electrons. The molecule has 3 aliphatic rings. The molecule has 0 bridgehead atoms. The van der Waals surface area contributed by atoms with Gasteiger partial charge >= 0.3 is 0 Å². The molecule has 2 fully saturated rings. The van der Waals surface area contributed by atoms with Crippen LogP contribution in [0.5, 0.6) is 5.75 Å². The minimum Gasteiger partial charge on any atom is -0.508 e. The number of ketones is 1. The summed E-state index contributed by atoms with van der Waals surface area (Å²) in [6.45, 7) is 0.645. The van der Waals surface area contributed by atoms with Crippen molar-refractivity contribution in [3.05, 3.63) is 65.2 Å². The number of unbranched alkanes of at least 4 members (excludes halogenated alkanes) is 1. The monoisotopic (exact) mass is 459 g/mol. The minimum atomic E-state index is -0.158. The van der Waals surface area contributed by atoms with E-state index in [1.165, 1.54) is 11.1 Å². The summed E-state index contributed by atoms with van der Waals surface area (Å²) in [6, 6.07) is 16.0. The number of nitrogens with zero attached hydrogens (tertiary/aromatic N) is 1. The number of phenolic OH excluding ortho intramolecular Hbond substituents is 1. The van der Waals surface area contributed by atoms with Crippen LogP contribution in [0.1, 0.15) is 80.4 Å². The van der Waals surface area contributed by atoms with Gasteiger partial charge in [0.2, 0.25) is 5.91 Å². The van der Waals surface area contributed by atoms with Crippen molar-refractivity contribution < 1.29 is 14.7 Å². The molecule has 0 aromatic heterocycles. The van der Waals surface area contributed by atoms with Crippen molar-refractivity contribution in [3.63, 3.8) is 0 Å². The Labute approximate surface area is 203 Å². The van der Waals surface area contributed by atoms with E-state index in [9.17, 15) is 14.7 Å². The Hall–Kier alpha value is -2.62. The highest BCUT2D eigenvalue weighted by atomic mass is 16.3. The molecule has 34 heavy (non-hydrogen) atoms. The molecule has 1 N–H and O–H groups in total. The molecule has 2 saturated carbocycles. The van der Waals surface area contributed by atoms with Gasteiger partial charge in [-0.05, 0) is 91.5 Å². The molecule has 4 nitrogen and oxygen atoms in total. The Balaban J connectivity index is 1.19. The summed E-state index contributed by atoms with van der Waals surface area (Å²) in [4.78, 5) is 27.7. The Bertz CT molecular complexity index is 1050. The number of rotatable bonds is 7. The molecule has 0 saturated heterocycles. The van der Waals surface area contributed by atoms with Crippen molar-refractivity contribution in [1.82, 2.24) is 4.90 Å². The van der Waals surface area contributed by atoms with Gasteiger partial charge in [-0.15, -0.1) is 0 Å². The van der Waals surface area contributed by atoms with Crippen molar-refractivity contribution >= 4 is 11.7 Å². The fourth-order valence-electron chi connectivity index (χ4n) is 7.46. The van der Waals surface area contributed by atoms with E-state index >= 15 is 0 Å². The van der Waals surface area contributed by atoms with Gasteiger partial charge in [0, 0.05) is 31.8 Å². The van der Waals surface area contributed by atoms with Crippen LogP contribution in [0.3, 0.4) is 0 Å². The predicted molar refractivity (Wildman–Crippen MR) is 133 cm³/mol. The van der Waals surface area contributed by atoms with Crippen molar-refractivity contribution in [1.29, 1.82) is 0 Å². The summed E-state index contributed by atoms with van der Waals surface area (Å²) in [7, 11) is 1.88. The maximum atomic E-state index is 13.2. The van der Waals surface area contributed by atoms with E-state index < -0.39 is 0 Å². The van der Waals surface area contributed by atoms with Gasteiger partial charge in [0.15, 0.2) is 0 Å². The van der Waals surface area contributed by atoms with Gasteiger partial charge in [0.1, 0.15) is 11.5 Å². The molecule has 1 amide bonds. The summed E-state index contributed by atoms with van der Waals surface area (Å²) in [5.41, 5.74) is 3.71. The Kier molecular flexibility index (Phi) is 6.50. The number of phenols is 1. The van der Waals surface area contributed by atoms with Gasteiger partial charge in [-0.25, -0.2) is 0 Å². The second kappa shape index (κ2) is 9.56. The van der Waals surface area contributed by atoms with E-state index in [1.54, 1.807) is 0 Å². The molecule has 4 atom stereocenters. The number of fused-ring (bicyclic) bond motifs is 5. The van der Waals surface area contributed by atoms with E-state index in [1.807, 2.05) is 42.3 Å². The maximum absolute atomic E-state index is 13.2. The van der Waals surface area contributed by atoms with Crippen LogP contribution in [-0.4, -0.2) is 28.7 Å². The number of carbonyl (C=O) groups excluding carboxylic acids is 2. The third-order valence-electron chi connectivity index (χ3n) is 9.11. The first-order valence-corrected chi connectivity index (χ1v) is 13.1. The van der Waals surface area contributed by atoms with Gasteiger partial charge in [0.25, 0.3) is 0 Å². The Morgan fingerprint density at radius 3 is 2.71 bits per heavy atom. The quantitative estimate of drug-likeness (QED) is 0.515. The van der Waals surface area contributed by atoms with Gasteiger partial charge in [-0.1, -0.05) is 42.8 Å². The number of hydrogen-bond donors (Lipinski definition) is 1. The van der Waals surface area contributed by atoms with E-state index in [0.29, 0.717) is 42.3 Å². The molecule has 4 heteroatoms. The molecule has 180 valence electrons. The second-order valence-electron chi connectivity index (χ2n) is 10.9. The SMILES string of the molecule is CN(Cc1ccccc1)C(=O)CCCC[C@]12CC[C@@H]3c4ccc(O)cc4CC[C@H]3[C@@H]1CCC2=O. The highest BCUT2D eigenvalue weighted by molar-refractivity contribution is 5.87. The average molecular weight is 460 g/mol. The molecule has 0 aliphatic heterocycles. The third kappa shape index (κ3) is 4.28. The molecular formula is C30H37NO3. The highest BCUT2D eigenvalue weighted by Gasteiger charge is 2.56. The van der Waals surface area contributed by atoms with Gasteiger partial charge < -0.3 is 10.0 Å². The number of Topliss-reactive ketones (excluding diaryl/α,β-unsaturated/α-hetero) is 1. The minimum absolute atomic E-state index is 0.158. The van der Waals surface area contributed by atoms with E-state index in [4.69, 9.17) is 0 Å². The van der Waals surface area contributed by atoms with Crippen molar-refractivity contribution in [2.24, 2.45) is 17.3 Å². The smallest absolute Gasteiger partial charge is 0.222 e. The zero-order chi connectivity index (χ0) is 23.7. The molecular weight excluding hydrogens is 422 g/mol. The lowest BCUT2D eigenvalue weighted by Gasteiger charge is -2.50. The van der Waals surface area contributed by atoms with Gasteiger partial charge in [-0.3, -0.25) is 9.59 Å².